The number of aryl methyl sites for hydroxylation is 1. The maximum absolute atomic E-state index is 4.87. The Labute approximate surface area is 137 Å². The lowest BCUT2D eigenvalue weighted by Gasteiger charge is -2.31. The number of rotatable bonds is 5. The summed E-state index contributed by atoms with van der Waals surface area (Å²) in [5, 5.41) is 3.56. The topological polar surface area (TPSA) is 34.0 Å². The highest BCUT2D eigenvalue weighted by atomic mass is 32.1. The average Bonchev–Trinajstić information content (AvgIpc) is 3.16. The van der Waals surface area contributed by atoms with Crippen LogP contribution in [-0.2, 0) is 13.1 Å². The van der Waals surface area contributed by atoms with Crippen molar-refractivity contribution in [2.45, 2.75) is 58.5 Å². The summed E-state index contributed by atoms with van der Waals surface area (Å²) in [4.78, 5) is 11.9. The molecule has 4 nitrogen and oxygen atoms in total. The van der Waals surface area contributed by atoms with Crippen molar-refractivity contribution in [1.82, 2.24) is 19.4 Å². The van der Waals surface area contributed by atoms with E-state index < -0.39 is 0 Å². The molecular formula is C17H26N4S. The molecule has 1 aliphatic heterocycles. The summed E-state index contributed by atoms with van der Waals surface area (Å²) in [6, 6.07) is 0. The highest BCUT2D eigenvalue weighted by Crippen LogP contribution is 2.31. The molecule has 120 valence electrons. The van der Waals surface area contributed by atoms with Crippen LogP contribution in [0.4, 0.5) is 0 Å². The largest absolute Gasteiger partial charge is 0.334 e. The highest BCUT2D eigenvalue weighted by molar-refractivity contribution is 7.09. The molecule has 0 amide bonds. The second-order valence-electron chi connectivity index (χ2n) is 6.47. The molecule has 1 fully saturated rings. The molecule has 3 rings (SSSR count). The Kier molecular flexibility index (Phi) is 4.93. The summed E-state index contributed by atoms with van der Waals surface area (Å²) in [5.41, 5.74) is 1.25. The van der Waals surface area contributed by atoms with Crippen LogP contribution >= 0.6 is 11.3 Å². The molecule has 0 spiro atoms. The first kappa shape index (κ1) is 15.7. The van der Waals surface area contributed by atoms with Gasteiger partial charge in [0.25, 0.3) is 0 Å². The zero-order chi connectivity index (χ0) is 15.5. The number of aromatic nitrogens is 3. The summed E-state index contributed by atoms with van der Waals surface area (Å²) in [5.74, 6) is 2.31. The van der Waals surface area contributed by atoms with Crippen molar-refractivity contribution in [3.8, 4) is 0 Å². The van der Waals surface area contributed by atoms with E-state index in [-0.39, 0.29) is 0 Å². The predicted molar refractivity (Wildman–Crippen MR) is 91.4 cm³/mol. The van der Waals surface area contributed by atoms with Crippen molar-refractivity contribution in [2.75, 3.05) is 13.1 Å². The molecule has 5 heteroatoms. The summed E-state index contributed by atoms with van der Waals surface area (Å²) in [6.45, 7) is 10.9. The summed E-state index contributed by atoms with van der Waals surface area (Å²) in [7, 11) is 0. The molecule has 0 aliphatic carbocycles. The Morgan fingerprint density at radius 3 is 3.00 bits per heavy atom. The fourth-order valence-corrected chi connectivity index (χ4v) is 4.24. The zero-order valence-corrected chi connectivity index (χ0v) is 14.6. The molecule has 0 unspecified atom stereocenters. The van der Waals surface area contributed by atoms with Gasteiger partial charge in [-0.15, -0.1) is 11.3 Å². The smallest absolute Gasteiger partial charge is 0.122 e. The van der Waals surface area contributed by atoms with Crippen LogP contribution in [0.3, 0.4) is 0 Å². The Morgan fingerprint density at radius 1 is 1.41 bits per heavy atom. The molecule has 2 aromatic heterocycles. The number of nitrogens with zero attached hydrogens (tertiary/aromatic N) is 4. The fraction of sp³-hybridized carbons (Fsp3) is 0.647. The highest BCUT2D eigenvalue weighted by Gasteiger charge is 2.24. The summed E-state index contributed by atoms with van der Waals surface area (Å²) < 4.78 is 2.24. The van der Waals surface area contributed by atoms with Gasteiger partial charge in [-0.05, 0) is 32.2 Å². The number of imidazole rings is 1. The van der Waals surface area contributed by atoms with E-state index in [1.807, 2.05) is 17.5 Å². The normalized spacial score (nSPS) is 19.9. The van der Waals surface area contributed by atoms with Crippen molar-refractivity contribution in [3.05, 3.63) is 34.3 Å². The monoisotopic (exact) mass is 318 g/mol. The minimum Gasteiger partial charge on any atom is -0.334 e. The standard InChI is InChI=1S/C17H26N4S/c1-4-21-9-7-18-16(21)11-20-8-5-6-14(10-20)17-19-15(12-22-17)13(2)3/h7,9,12-14H,4-6,8,10-11H2,1-3H3/t14-/m1/s1. The molecule has 0 aromatic carbocycles. The maximum Gasteiger partial charge on any atom is 0.122 e. The van der Waals surface area contributed by atoms with Gasteiger partial charge < -0.3 is 4.57 Å². The average molecular weight is 318 g/mol. The van der Waals surface area contributed by atoms with Crippen LogP contribution in [0.25, 0.3) is 0 Å². The van der Waals surface area contributed by atoms with Crippen molar-refractivity contribution < 1.29 is 0 Å². The van der Waals surface area contributed by atoms with Crippen molar-refractivity contribution in [2.24, 2.45) is 0 Å². The molecule has 22 heavy (non-hydrogen) atoms. The molecule has 3 heterocycles. The third-order valence-electron chi connectivity index (χ3n) is 4.49. The van der Waals surface area contributed by atoms with Crippen molar-refractivity contribution in [1.29, 1.82) is 0 Å². The van der Waals surface area contributed by atoms with Crippen LogP contribution < -0.4 is 0 Å². The predicted octanol–water partition coefficient (Wildman–Crippen LogP) is 3.86. The fourth-order valence-electron chi connectivity index (χ4n) is 3.13. The van der Waals surface area contributed by atoms with Gasteiger partial charge in [0.15, 0.2) is 0 Å². The van der Waals surface area contributed by atoms with Crippen LogP contribution in [0.1, 0.15) is 62.0 Å². The molecule has 0 bridgehead atoms. The van der Waals surface area contributed by atoms with E-state index >= 15 is 0 Å². The van der Waals surface area contributed by atoms with Gasteiger partial charge in [0.2, 0.25) is 0 Å². The molecule has 0 N–H and O–H groups in total. The Bertz CT molecular complexity index is 601. The maximum atomic E-state index is 4.87. The Balaban J connectivity index is 1.66. The SMILES string of the molecule is CCn1ccnc1CN1CCC[C@@H](c2nc(C(C)C)cs2)C1. The summed E-state index contributed by atoms with van der Waals surface area (Å²) in [6.07, 6.45) is 6.51. The lowest BCUT2D eigenvalue weighted by Crippen LogP contribution is -2.34. The van der Waals surface area contributed by atoms with E-state index in [0.29, 0.717) is 11.8 Å². The van der Waals surface area contributed by atoms with Crippen LogP contribution in [0.2, 0.25) is 0 Å². The van der Waals surface area contributed by atoms with Crippen LogP contribution in [-0.4, -0.2) is 32.5 Å². The number of hydrogen-bond acceptors (Lipinski definition) is 4. The summed E-state index contributed by atoms with van der Waals surface area (Å²) >= 11 is 1.84. The third-order valence-corrected chi connectivity index (χ3v) is 5.52. The van der Waals surface area contributed by atoms with E-state index in [1.165, 1.54) is 35.9 Å². The molecule has 1 atom stereocenters. The lowest BCUT2D eigenvalue weighted by atomic mass is 9.98. The van der Waals surface area contributed by atoms with Gasteiger partial charge in [-0.25, -0.2) is 9.97 Å². The van der Waals surface area contributed by atoms with E-state index in [0.717, 1.165) is 19.6 Å². The number of hydrogen-bond donors (Lipinski definition) is 0. The first-order chi connectivity index (χ1) is 10.7. The lowest BCUT2D eigenvalue weighted by molar-refractivity contribution is 0.193. The van der Waals surface area contributed by atoms with Crippen molar-refractivity contribution in [3.63, 3.8) is 0 Å². The van der Waals surface area contributed by atoms with Gasteiger partial charge >= 0.3 is 0 Å². The minimum atomic E-state index is 0.529. The number of thiazole rings is 1. The van der Waals surface area contributed by atoms with Gasteiger partial charge in [-0.3, -0.25) is 4.90 Å². The van der Waals surface area contributed by atoms with E-state index in [9.17, 15) is 0 Å². The minimum absolute atomic E-state index is 0.529. The van der Waals surface area contributed by atoms with Gasteiger partial charge in [-0.2, -0.15) is 0 Å². The first-order valence-electron chi connectivity index (χ1n) is 8.35. The van der Waals surface area contributed by atoms with Crippen LogP contribution in [0, 0.1) is 0 Å². The van der Waals surface area contributed by atoms with Crippen LogP contribution in [0.15, 0.2) is 17.8 Å². The molecule has 0 saturated carbocycles. The first-order valence-corrected chi connectivity index (χ1v) is 9.23. The quantitative estimate of drug-likeness (QED) is 0.839. The second kappa shape index (κ2) is 6.92. The molecule has 0 radical (unpaired) electrons. The van der Waals surface area contributed by atoms with E-state index in [2.05, 4.69) is 46.8 Å². The third kappa shape index (κ3) is 3.41. The van der Waals surface area contributed by atoms with Gasteiger partial charge in [-0.1, -0.05) is 13.8 Å². The van der Waals surface area contributed by atoms with Crippen molar-refractivity contribution >= 4 is 11.3 Å². The van der Waals surface area contributed by atoms with Gasteiger partial charge in [0.05, 0.1) is 17.2 Å². The molecule has 2 aromatic rings. The Morgan fingerprint density at radius 2 is 2.27 bits per heavy atom. The number of likely N-dealkylation sites (tertiary alicyclic amines) is 1. The molecule has 1 aliphatic rings. The van der Waals surface area contributed by atoms with Crippen LogP contribution in [0.5, 0.6) is 0 Å². The van der Waals surface area contributed by atoms with E-state index in [4.69, 9.17) is 4.98 Å². The zero-order valence-electron chi connectivity index (χ0n) is 13.8. The molecular weight excluding hydrogens is 292 g/mol. The van der Waals surface area contributed by atoms with Gasteiger partial charge in [0.1, 0.15) is 5.82 Å². The number of piperidine rings is 1. The molecule has 1 saturated heterocycles. The second-order valence-corrected chi connectivity index (χ2v) is 7.36. The van der Waals surface area contributed by atoms with E-state index in [1.54, 1.807) is 0 Å². The Hall–Kier alpha value is -1.20. The van der Waals surface area contributed by atoms with Gasteiger partial charge in [0, 0.05) is 36.8 Å².